The molecule has 4 rings (SSSR count). The molecule has 0 aliphatic heterocycles. The number of hydrogen-bond acceptors (Lipinski definition) is 3. The average Bonchev–Trinajstić information content (AvgIpc) is 3.14. The van der Waals surface area contributed by atoms with Crippen LogP contribution in [-0.2, 0) is 9.59 Å². The summed E-state index contributed by atoms with van der Waals surface area (Å²) in [5.74, 6) is -1.88. The SMILES string of the molecule is Cc1cccc(C)c1NC(=O)c1cc2cc(Br)ccc2n1NC(=O)C(=O)NC1CCCCC1. The Hall–Kier alpha value is -3.13. The number of nitrogens with one attached hydrogen (secondary N) is 3. The number of fused-ring (bicyclic) bond motifs is 1. The van der Waals surface area contributed by atoms with Crippen molar-refractivity contribution in [3.63, 3.8) is 0 Å². The second kappa shape index (κ2) is 9.79. The number of aryl methyl sites for hydroxylation is 2. The summed E-state index contributed by atoms with van der Waals surface area (Å²) in [5, 5.41) is 6.53. The summed E-state index contributed by atoms with van der Waals surface area (Å²) in [6, 6.07) is 13.0. The van der Waals surface area contributed by atoms with Crippen molar-refractivity contribution in [1.82, 2.24) is 9.99 Å². The summed E-state index contributed by atoms with van der Waals surface area (Å²) in [6.07, 6.45) is 5.01. The summed E-state index contributed by atoms with van der Waals surface area (Å²) in [4.78, 5) is 38.6. The standard InChI is InChI=1S/C25H27BrN4O3/c1-15-7-6-8-16(2)22(15)28-23(31)21-14-17-13-18(26)11-12-20(17)30(21)29-25(33)24(32)27-19-9-4-3-5-10-19/h6-8,11-14,19H,3-5,9-10H2,1-2H3,(H,27,32)(H,28,31)(H,29,33). The lowest BCUT2D eigenvalue weighted by atomic mass is 9.95. The minimum absolute atomic E-state index is 0.0150. The second-order valence-corrected chi connectivity index (χ2v) is 9.45. The maximum atomic E-state index is 13.3. The van der Waals surface area contributed by atoms with E-state index in [-0.39, 0.29) is 17.6 Å². The Kier molecular flexibility index (Phi) is 6.83. The molecule has 0 radical (unpaired) electrons. The molecule has 3 amide bonds. The molecule has 33 heavy (non-hydrogen) atoms. The number of benzene rings is 2. The summed E-state index contributed by atoms with van der Waals surface area (Å²) < 4.78 is 2.23. The number of anilines is 1. The normalized spacial score (nSPS) is 14.2. The number of hydrogen-bond donors (Lipinski definition) is 3. The summed E-state index contributed by atoms with van der Waals surface area (Å²) >= 11 is 3.44. The van der Waals surface area contributed by atoms with Crippen molar-refractivity contribution in [1.29, 1.82) is 0 Å². The minimum atomic E-state index is -0.804. The lowest BCUT2D eigenvalue weighted by molar-refractivity contribution is -0.137. The highest BCUT2D eigenvalue weighted by molar-refractivity contribution is 9.10. The van der Waals surface area contributed by atoms with E-state index < -0.39 is 11.8 Å². The van der Waals surface area contributed by atoms with E-state index in [4.69, 9.17) is 0 Å². The molecule has 0 bridgehead atoms. The monoisotopic (exact) mass is 510 g/mol. The van der Waals surface area contributed by atoms with Gasteiger partial charge in [0, 0.05) is 21.6 Å². The van der Waals surface area contributed by atoms with Crippen molar-refractivity contribution in [3.05, 3.63) is 63.8 Å². The fourth-order valence-corrected chi connectivity index (χ4v) is 4.69. The third kappa shape index (κ3) is 5.11. The Morgan fingerprint density at radius 2 is 1.64 bits per heavy atom. The fraction of sp³-hybridized carbons (Fsp3) is 0.320. The van der Waals surface area contributed by atoms with Gasteiger partial charge in [-0.3, -0.25) is 19.8 Å². The van der Waals surface area contributed by atoms with Crippen molar-refractivity contribution in [2.24, 2.45) is 0 Å². The molecular weight excluding hydrogens is 484 g/mol. The maximum Gasteiger partial charge on any atom is 0.328 e. The zero-order valence-corrected chi connectivity index (χ0v) is 20.3. The molecule has 7 nitrogen and oxygen atoms in total. The van der Waals surface area contributed by atoms with Crippen LogP contribution in [-0.4, -0.2) is 28.4 Å². The fourth-order valence-electron chi connectivity index (χ4n) is 4.31. The largest absolute Gasteiger partial charge is 0.345 e. The number of nitrogens with zero attached hydrogens (tertiary/aromatic N) is 1. The Morgan fingerprint density at radius 3 is 2.33 bits per heavy atom. The van der Waals surface area contributed by atoms with E-state index in [2.05, 4.69) is 32.0 Å². The van der Waals surface area contributed by atoms with Crippen molar-refractivity contribution < 1.29 is 14.4 Å². The third-order valence-electron chi connectivity index (χ3n) is 6.08. The zero-order valence-electron chi connectivity index (χ0n) is 18.7. The molecule has 1 aliphatic carbocycles. The van der Waals surface area contributed by atoms with E-state index >= 15 is 0 Å². The van der Waals surface area contributed by atoms with Crippen molar-refractivity contribution >= 4 is 50.2 Å². The molecule has 8 heteroatoms. The molecule has 1 heterocycles. The molecule has 0 unspecified atom stereocenters. The minimum Gasteiger partial charge on any atom is -0.345 e. The molecule has 1 aliphatic rings. The van der Waals surface area contributed by atoms with Crippen LogP contribution in [0.5, 0.6) is 0 Å². The lowest BCUT2D eigenvalue weighted by Crippen LogP contribution is -2.44. The molecule has 2 aromatic carbocycles. The number of amides is 3. The van der Waals surface area contributed by atoms with Crippen LogP contribution in [0.1, 0.15) is 53.7 Å². The first-order chi connectivity index (χ1) is 15.8. The van der Waals surface area contributed by atoms with Gasteiger partial charge in [-0.1, -0.05) is 53.4 Å². The van der Waals surface area contributed by atoms with E-state index in [1.807, 2.05) is 44.2 Å². The van der Waals surface area contributed by atoms with E-state index in [1.54, 1.807) is 12.1 Å². The van der Waals surface area contributed by atoms with Gasteiger partial charge in [0.25, 0.3) is 5.91 Å². The third-order valence-corrected chi connectivity index (χ3v) is 6.57. The molecule has 172 valence electrons. The van der Waals surface area contributed by atoms with Gasteiger partial charge in [-0.2, -0.15) is 0 Å². The van der Waals surface area contributed by atoms with Crippen LogP contribution < -0.4 is 16.1 Å². The van der Waals surface area contributed by atoms with Crippen LogP contribution in [0, 0.1) is 13.8 Å². The van der Waals surface area contributed by atoms with Gasteiger partial charge >= 0.3 is 11.8 Å². The molecule has 3 aromatic rings. The summed E-state index contributed by atoms with van der Waals surface area (Å²) in [7, 11) is 0. The number of carbonyl (C=O) groups is 3. The van der Waals surface area contributed by atoms with Gasteiger partial charge in [-0.25, -0.2) is 4.68 Å². The van der Waals surface area contributed by atoms with Gasteiger partial charge < -0.3 is 10.6 Å². The summed E-state index contributed by atoms with van der Waals surface area (Å²) in [6.45, 7) is 3.85. The predicted molar refractivity (Wildman–Crippen MR) is 133 cm³/mol. The average molecular weight is 511 g/mol. The molecule has 0 saturated heterocycles. The Balaban J connectivity index is 1.62. The number of rotatable bonds is 4. The van der Waals surface area contributed by atoms with Crippen LogP contribution >= 0.6 is 15.9 Å². The van der Waals surface area contributed by atoms with Gasteiger partial charge in [-0.15, -0.1) is 0 Å². The van der Waals surface area contributed by atoms with E-state index in [9.17, 15) is 14.4 Å². The quantitative estimate of drug-likeness (QED) is 0.440. The number of para-hydroxylation sites is 1. The topological polar surface area (TPSA) is 92.2 Å². The molecule has 0 atom stereocenters. The van der Waals surface area contributed by atoms with Gasteiger partial charge in [0.2, 0.25) is 0 Å². The molecule has 3 N–H and O–H groups in total. The molecular formula is C25H27BrN4O3. The highest BCUT2D eigenvalue weighted by atomic mass is 79.9. The van der Waals surface area contributed by atoms with Gasteiger partial charge in [0.05, 0.1) is 5.52 Å². The molecule has 0 spiro atoms. The first-order valence-electron chi connectivity index (χ1n) is 11.1. The molecule has 1 saturated carbocycles. The van der Waals surface area contributed by atoms with Crippen LogP contribution in [0.4, 0.5) is 5.69 Å². The van der Waals surface area contributed by atoms with Crippen LogP contribution in [0.3, 0.4) is 0 Å². The highest BCUT2D eigenvalue weighted by Gasteiger charge is 2.24. The summed E-state index contributed by atoms with van der Waals surface area (Å²) in [5.41, 5.74) is 6.06. The van der Waals surface area contributed by atoms with Crippen LogP contribution in [0.25, 0.3) is 10.9 Å². The highest BCUT2D eigenvalue weighted by Crippen LogP contribution is 2.25. The predicted octanol–water partition coefficient (Wildman–Crippen LogP) is 4.79. The first kappa shape index (κ1) is 23.0. The van der Waals surface area contributed by atoms with E-state index in [0.29, 0.717) is 5.52 Å². The maximum absolute atomic E-state index is 13.3. The number of carbonyl (C=O) groups excluding carboxylic acids is 3. The first-order valence-corrected chi connectivity index (χ1v) is 11.9. The molecule has 1 fully saturated rings. The Bertz CT molecular complexity index is 1210. The van der Waals surface area contributed by atoms with E-state index in [0.717, 1.165) is 58.8 Å². The van der Waals surface area contributed by atoms with Crippen molar-refractivity contribution in [2.45, 2.75) is 52.0 Å². The second-order valence-electron chi connectivity index (χ2n) is 8.54. The Labute approximate surface area is 201 Å². The lowest BCUT2D eigenvalue weighted by Gasteiger charge is -2.22. The van der Waals surface area contributed by atoms with Crippen molar-refractivity contribution in [2.75, 3.05) is 10.7 Å². The van der Waals surface area contributed by atoms with Crippen LogP contribution in [0.2, 0.25) is 0 Å². The molecule has 1 aromatic heterocycles. The number of aromatic nitrogens is 1. The van der Waals surface area contributed by atoms with E-state index in [1.165, 1.54) is 4.68 Å². The van der Waals surface area contributed by atoms with Gasteiger partial charge in [0.1, 0.15) is 5.69 Å². The van der Waals surface area contributed by atoms with Crippen LogP contribution in [0.15, 0.2) is 46.9 Å². The number of halogens is 1. The van der Waals surface area contributed by atoms with Crippen molar-refractivity contribution in [3.8, 4) is 0 Å². The Morgan fingerprint density at radius 1 is 0.939 bits per heavy atom. The zero-order chi connectivity index (χ0) is 23.5. The van der Waals surface area contributed by atoms with Gasteiger partial charge in [-0.05, 0) is 62.1 Å². The smallest absolute Gasteiger partial charge is 0.328 e. The van der Waals surface area contributed by atoms with Gasteiger partial charge in [0.15, 0.2) is 0 Å².